The minimum atomic E-state index is -0.438. The number of Topliss-reactive ketones (excluding diaryl/α,β-unsaturated/α-hetero) is 1. The number of hydrogen-bond donors (Lipinski definition) is 0. The van der Waals surface area contributed by atoms with Crippen molar-refractivity contribution >= 4 is 11.4 Å². The molecule has 8 nitrogen and oxygen atoms in total. The van der Waals surface area contributed by atoms with E-state index in [0.29, 0.717) is 58.6 Å². The quantitative estimate of drug-likeness (QED) is 0.502. The summed E-state index contributed by atoms with van der Waals surface area (Å²) < 4.78 is 18.9. The van der Waals surface area contributed by atoms with Crippen LogP contribution in [0.5, 0.6) is 11.6 Å². The van der Waals surface area contributed by atoms with Crippen LogP contribution in [0.1, 0.15) is 36.5 Å². The Morgan fingerprint density at radius 2 is 2.06 bits per heavy atom. The lowest BCUT2D eigenvalue weighted by molar-refractivity contribution is -0.116. The van der Waals surface area contributed by atoms with Crippen molar-refractivity contribution < 1.29 is 18.7 Å². The lowest BCUT2D eigenvalue weighted by atomic mass is 9.80. The molecule has 0 amide bonds. The first-order chi connectivity index (χ1) is 15.2. The third kappa shape index (κ3) is 2.68. The summed E-state index contributed by atoms with van der Waals surface area (Å²) in [4.78, 5) is 22.2. The molecule has 0 saturated carbocycles. The van der Waals surface area contributed by atoms with Crippen molar-refractivity contribution in [1.82, 2.24) is 19.6 Å². The third-order valence-electron chi connectivity index (χ3n) is 5.77. The zero-order valence-electron chi connectivity index (χ0n) is 16.7. The number of furan rings is 1. The zero-order valence-corrected chi connectivity index (χ0v) is 16.7. The van der Waals surface area contributed by atoms with Gasteiger partial charge in [0.15, 0.2) is 17.3 Å². The van der Waals surface area contributed by atoms with Crippen LogP contribution in [0.4, 0.5) is 0 Å². The number of ketones is 1. The molecule has 6 rings (SSSR count). The van der Waals surface area contributed by atoms with E-state index in [2.05, 4.69) is 10.1 Å². The first-order valence-corrected chi connectivity index (χ1v) is 10.1. The number of fused-ring (bicyclic) bond motifs is 3. The largest absolute Gasteiger partial charge is 0.496 e. The van der Waals surface area contributed by atoms with Gasteiger partial charge in [0.2, 0.25) is 5.88 Å². The lowest BCUT2D eigenvalue weighted by Gasteiger charge is -2.30. The molecule has 4 aromatic rings. The van der Waals surface area contributed by atoms with E-state index in [1.165, 1.54) is 0 Å². The summed E-state index contributed by atoms with van der Waals surface area (Å²) in [5, 5.41) is 4.61. The second-order valence-corrected chi connectivity index (χ2v) is 7.53. The number of para-hydroxylation sites is 1. The molecule has 0 N–H and O–H groups in total. The van der Waals surface area contributed by atoms with Gasteiger partial charge in [0, 0.05) is 18.4 Å². The first-order valence-electron chi connectivity index (χ1n) is 10.1. The summed E-state index contributed by atoms with van der Waals surface area (Å²) >= 11 is 0. The monoisotopic (exact) mass is 414 g/mol. The summed E-state index contributed by atoms with van der Waals surface area (Å²) in [7, 11) is 1.61. The number of allylic oxidation sites excluding steroid dienone is 2. The maximum Gasteiger partial charge on any atom is 0.228 e. The van der Waals surface area contributed by atoms with Gasteiger partial charge in [-0.05, 0) is 30.7 Å². The van der Waals surface area contributed by atoms with Crippen LogP contribution in [-0.2, 0) is 4.79 Å². The standard InChI is InChI=1S/C23H18N4O4/c1-29-15-8-3-2-6-13(15)21-25-22-20-19(16-10-5-11-30-16)18-14(28)7-4-9-17(18)31-23(20)24-12-27(22)26-21/h2-3,5-6,8,10-12,19H,4,7,9H2,1H3/t19-/m0/s1. The van der Waals surface area contributed by atoms with Crippen LogP contribution >= 0.6 is 0 Å². The molecule has 1 atom stereocenters. The predicted octanol–water partition coefficient (Wildman–Crippen LogP) is 3.92. The second-order valence-electron chi connectivity index (χ2n) is 7.53. The number of benzene rings is 1. The van der Waals surface area contributed by atoms with Crippen LogP contribution in [0, 0.1) is 0 Å². The number of nitrogens with zero attached hydrogens (tertiary/aromatic N) is 4. The van der Waals surface area contributed by atoms with Crippen LogP contribution in [0.2, 0.25) is 0 Å². The van der Waals surface area contributed by atoms with Gasteiger partial charge >= 0.3 is 0 Å². The van der Waals surface area contributed by atoms with Gasteiger partial charge in [-0.2, -0.15) is 0 Å². The fraction of sp³-hybridized carbons (Fsp3) is 0.217. The summed E-state index contributed by atoms with van der Waals surface area (Å²) in [6.45, 7) is 0. The summed E-state index contributed by atoms with van der Waals surface area (Å²) in [6, 6.07) is 11.2. The molecule has 0 spiro atoms. The van der Waals surface area contributed by atoms with Gasteiger partial charge in [-0.1, -0.05) is 12.1 Å². The molecule has 31 heavy (non-hydrogen) atoms. The SMILES string of the molecule is COc1ccccc1-c1nc2c3c(ncn2n1)OC1=C(C(=O)CCC1)[C@@H]3c1ccco1. The van der Waals surface area contributed by atoms with Gasteiger partial charge in [-0.3, -0.25) is 4.79 Å². The van der Waals surface area contributed by atoms with Crippen LogP contribution in [0.3, 0.4) is 0 Å². The fourth-order valence-corrected chi connectivity index (χ4v) is 4.40. The van der Waals surface area contributed by atoms with Crippen molar-refractivity contribution in [2.45, 2.75) is 25.2 Å². The number of carbonyl (C=O) groups excluding carboxylic acids is 1. The molecule has 0 fully saturated rings. The smallest absolute Gasteiger partial charge is 0.228 e. The average molecular weight is 414 g/mol. The minimum Gasteiger partial charge on any atom is -0.496 e. The molecule has 0 radical (unpaired) electrons. The van der Waals surface area contributed by atoms with Crippen LogP contribution in [-0.4, -0.2) is 32.5 Å². The Kier molecular flexibility index (Phi) is 3.92. The van der Waals surface area contributed by atoms with Crippen molar-refractivity contribution in [2.24, 2.45) is 0 Å². The molecule has 4 heterocycles. The van der Waals surface area contributed by atoms with Crippen molar-refractivity contribution in [2.75, 3.05) is 7.11 Å². The molecule has 154 valence electrons. The Bertz CT molecular complexity index is 1350. The van der Waals surface area contributed by atoms with Crippen molar-refractivity contribution in [3.63, 3.8) is 0 Å². The van der Waals surface area contributed by atoms with E-state index in [-0.39, 0.29) is 5.78 Å². The van der Waals surface area contributed by atoms with E-state index < -0.39 is 5.92 Å². The van der Waals surface area contributed by atoms with Crippen molar-refractivity contribution in [1.29, 1.82) is 0 Å². The third-order valence-corrected chi connectivity index (χ3v) is 5.77. The Balaban J connectivity index is 1.60. The highest BCUT2D eigenvalue weighted by Crippen LogP contribution is 2.47. The van der Waals surface area contributed by atoms with Gasteiger partial charge < -0.3 is 13.9 Å². The maximum absolute atomic E-state index is 12.9. The van der Waals surface area contributed by atoms with E-state index in [4.69, 9.17) is 18.9 Å². The molecule has 1 aliphatic heterocycles. The number of methoxy groups -OCH3 is 1. The second kappa shape index (κ2) is 6.80. The Morgan fingerprint density at radius 1 is 1.16 bits per heavy atom. The number of carbonyl (C=O) groups is 1. The number of hydrogen-bond acceptors (Lipinski definition) is 7. The van der Waals surface area contributed by atoms with Gasteiger partial charge in [0.1, 0.15) is 23.6 Å². The van der Waals surface area contributed by atoms with Crippen LogP contribution in [0.15, 0.2) is 64.7 Å². The highest BCUT2D eigenvalue weighted by molar-refractivity contribution is 5.99. The topological polar surface area (TPSA) is 91.8 Å². The molecular weight excluding hydrogens is 396 g/mol. The predicted molar refractivity (Wildman–Crippen MR) is 110 cm³/mol. The van der Waals surface area contributed by atoms with E-state index in [0.717, 1.165) is 12.0 Å². The van der Waals surface area contributed by atoms with Crippen LogP contribution < -0.4 is 9.47 Å². The molecule has 1 aromatic carbocycles. The number of rotatable bonds is 3. The van der Waals surface area contributed by atoms with E-state index >= 15 is 0 Å². The Morgan fingerprint density at radius 3 is 2.90 bits per heavy atom. The number of ether oxygens (including phenoxy) is 2. The minimum absolute atomic E-state index is 0.0692. The van der Waals surface area contributed by atoms with Gasteiger partial charge in [0.05, 0.1) is 30.4 Å². The average Bonchev–Trinajstić information content (AvgIpc) is 3.48. The highest BCUT2D eigenvalue weighted by atomic mass is 16.5. The normalized spacial score (nSPS) is 18.0. The molecule has 0 saturated heterocycles. The van der Waals surface area contributed by atoms with Gasteiger partial charge in [-0.15, -0.1) is 5.10 Å². The van der Waals surface area contributed by atoms with E-state index in [1.54, 1.807) is 24.2 Å². The molecule has 2 aliphatic rings. The summed E-state index contributed by atoms with van der Waals surface area (Å²) in [5.74, 6) is 2.57. The number of aromatic nitrogens is 4. The van der Waals surface area contributed by atoms with E-state index in [1.807, 2.05) is 36.4 Å². The van der Waals surface area contributed by atoms with Gasteiger partial charge in [0.25, 0.3) is 0 Å². The molecule has 0 bridgehead atoms. The zero-order chi connectivity index (χ0) is 20.9. The molecule has 1 aliphatic carbocycles. The van der Waals surface area contributed by atoms with Crippen LogP contribution in [0.25, 0.3) is 17.0 Å². The fourth-order valence-electron chi connectivity index (χ4n) is 4.40. The first kappa shape index (κ1) is 17.9. The van der Waals surface area contributed by atoms with Gasteiger partial charge in [-0.25, -0.2) is 14.5 Å². The molecule has 0 unspecified atom stereocenters. The van der Waals surface area contributed by atoms with Crippen molar-refractivity contribution in [3.8, 4) is 23.0 Å². The highest BCUT2D eigenvalue weighted by Gasteiger charge is 2.41. The Hall–Kier alpha value is -3.94. The van der Waals surface area contributed by atoms with E-state index in [9.17, 15) is 4.79 Å². The maximum atomic E-state index is 12.9. The summed E-state index contributed by atoms with van der Waals surface area (Å²) in [6.07, 6.45) is 5.14. The lowest BCUT2D eigenvalue weighted by Crippen LogP contribution is -2.26. The Labute approximate surface area is 177 Å². The molecule has 3 aromatic heterocycles. The van der Waals surface area contributed by atoms with Crippen molar-refractivity contribution in [3.05, 3.63) is 71.6 Å². The molecule has 8 heteroatoms. The molecular formula is C23H18N4O4. The summed E-state index contributed by atoms with van der Waals surface area (Å²) in [5.41, 5.74) is 2.64.